The van der Waals surface area contributed by atoms with E-state index in [0.717, 1.165) is 20.8 Å². The first kappa shape index (κ1) is 13.1. The van der Waals surface area contributed by atoms with Crippen molar-refractivity contribution in [2.75, 3.05) is 0 Å². The molecule has 0 saturated heterocycles. The van der Waals surface area contributed by atoms with Crippen LogP contribution in [0.5, 0.6) is 0 Å². The molecule has 0 unspecified atom stereocenters. The third-order valence-electron chi connectivity index (χ3n) is 2.69. The molecule has 0 radical (unpaired) electrons. The summed E-state index contributed by atoms with van der Waals surface area (Å²) in [5, 5.41) is 5.49. The minimum absolute atomic E-state index is 0.415. The van der Waals surface area contributed by atoms with Gasteiger partial charge in [-0.25, -0.2) is 4.98 Å². The topological polar surface area (TPSA) is 34.5 Å². The summed E-state index contributed by atoms with van der Waals surface area (Å²) < 4.78 is 1.15. The standard InChI is InChI=1S/C15H11ClN2OS/c16-12-7-5-11(6-8-12)10-19-17-9-15-18-13-3-1-2-4-14(13)20-15/h1-9H,10H2/b17-9+. The molecule has 0 atom stereocenters. The second kappa shape index (κ2) is 6.03. The number of aromatic nitrogens is 1. The molecule has 0 N–H and O–H groups in total. The number of halogens is 1. The Bertz CT molecular complexity index is 704. The van der Waals surface area contributed by atoms with Gasteiger partial charge in [0.25, 0.3) is 0 Å². The fraction of sp³-hybridized carbons (Fsp3) is 0.0667. The molecule has 0 amide bonds. The monoisotopic (exact) mass is 302 g/mol. The van der Waals surface area contributed by atoms with Gasteiger partial charge < -0.3 is 4.84 Å². The summed E-state index contributed by atoms with van der Waals surface area (Å²) in [7, 11) is 0. The molecular formula is C15H11ClN2OS. The average molecular weight is 303 g/mol. The third-order valence-corrected chi connectivity index (χ3v) is 3.92. The molecule has 1 heterocycles. The van der Waals surface area contributed by atoms with E-state index in [9.17, 15) is 0 Å². The van der Waals surface area contributed by atoms with E-state index in [1.807, 2.05) is 48.5 Å². The van der Waals surface area contributed by atoms with Crippen molar-refractivity contribution < 1.29 is 4.84 Å². The van der Waals surface area contributed by atoms with Crippen molar-refractivity contribution >= 4 is 39.4 Å². The molecule has 0 bridgehead atoms. The molecule has 3 rings (SSSR count). The quantitative estimate of drug-likeness (QED) is 0.525. The zero-order chi connectivity index (χ0) is 13.8. The van der Waals surface area contributed by atoms with Crippen LogP contribution in [0, 0.1) is 0 Å². The molecule has 2 aromatic carbocycles. The van der Waals surface area contributed by atoms with Crippen molar-refractivity contribution in [3.05, 3.63) is 64.1 Å². The Morgan fingerprint density at radius 3 is 2.75 bits per heavy atom. The highest BCUT2D eigenvalue weighted by Crippen LogP contribution is 2.20. The first-order valence-electron chi connectivity index (χ1n) is 6.06. The lowest BCUT2D eigenvalue weighted by Gasteiger charge is -1.98. The summed E-state index contributed by atoms with van der Waals surface area (Å²) >= 11 is 7.40. The predicted octanol–water partition coefficient (Wildman–Crippen LogP) is 4.50. The number of thiazole rings is 1. The van der Waals surface area contributed by atoms with E-state index < -0.39 is 0 Å². The molecule has 0 aliphatic heterocycles. The smallest absolute Gasteiger partial charge is 0.142 e. The Labute approximate surface area is 125 Å². The predicted molar refractivity (Wildman–Crippen MR) is 83.5 cm³/mol. The zero-order valence-corrected chi connectivity index (χ0v) is 12.1. The summed E-state index contributed by atoms with van der Waals surface area (Å²) in [6.07, 6.45) is 1.64. The normalized spacial score (nSPS) is 11.2. The van der Waals surface area contributed by atoms with Crippen LogP contribution in [0.3, 0.4) is 0 Å². The van der Waals surface area contributed by atoms with Crippen LogP contribution in [0.15, 0.2) is 53.7 Å². The largest absolute Gasteiger partial charge is 0.391 e. The van der Waals surface area contributed by atoms with E-state index in [2.05, 4.69) is 10.1 Å². The van der Waals surface area contributed by atoms with Crippen molar-refractivity contribution in [1.82, 2.24) is 4.98 Å². The maximum atomic E-state index is 5.81. The van der Waals surface area contributed by atoms with Crippen molar-refractivity contribution in [3.8, 4) is 0 Å². The minimum Gasteiger partial charge on any atom is -0.391 e. The molecule has 1 aromatic heterocycles. The molecule has 0 fully saturated rings. The summed E-state index contributed by atoms with van der Waals surface area (Å²) in [5.41, 5.74) is 2.01. The Kier molecular flexibility index (Phi) is 3.95. The van der Waals surface area contributed by atoms with E-state index in [1.165, 1.54) is 0 Å². The average Bonchev–Trinajstić information content (AvgIpc) is 2.88. The summed E-state index contributed by atoms with van der Waals surface area (Å²) in [5.74, 6) is 0. The lowest BCUT2D eigenvalue weighted by atomic mass is 10.2. The molecule has 0 spiro atoms. The molecule has 0 aliphatic carbocycles. The van der Waals surface area contributed by atoms with Crippen LogP contribution < -0.4 is 0 Å². The van der Waals surface area contributed by atoms with Crippen molar-refractivity contribution in [1.29, 1.82) is 0 Å². The second-order valence-electron chi connectivity index (χ2n) is 4.15. The number of hydrogen-bond donors (Lipinski definition) is 0. The van der Waals surface area contributed by atoms with Crippen molar-refractivity contribution in [3.63, 3.8) is 0 Å². The highest BCUT2D eigenvalue weighted by atomic mass is 35.5. The fourth-order valence-corrected chi connectivity index (χ4v) is 2.68. The van der Waals surface area contributed by atoms with Crippen LogP contribution in [0.4, 0.5) is 0 Å². The van der Waals surface area contributed by atoms with E-state index in [4.69, 9.17) is 16.4 Å². The Morgan fingerprint density at radius 2 is 1.95 bits per heavy atom. The molecule has 100 valence electrons. The van der Waals surface area contributed by atoms with Gasteiger partial charge in [0, 0.05) is 5.02 Å². The summed E-state index contributed by atoms with van der Waals surface area (Å²) in [6.45, 7) is 0.415. The van der Waals surface area contributed by atoms with E-state index in [1.54, 1.807) is 17.6 Å². The van der Waals surface area contributed by atoms with Gasteiger partial charge in [0.1, 0.15) is 17.8 Å². The highest BCUT2D eigenvalue weighted by Gasteiger charge is 2.00. The summed E-state index contributed by atoms with van der Waals surface area (Å²) in [6, 6.07) is 15.5. The first-order chi connectivity index (χ1) is 9.81. The number of hydrogen-bond acceptors (Lipinski definition) is 4. The lowest BCUT2D eigenvalue weighted by Crippen LogP contribution is -1.87. The zero-order valence-electron chi connectivity index (χ0n) is 10.5. The van der Waals surface area contributed by atoms with Crippen LogP contribution in [0.25, 0.3) is 10.2 Å². The second-order valence-corrected chi connectivity index (χ2v) is 5.65. The van der Waals surface area contributed by atoms with Crippen LogP contribution in [-0.4, -0.2) is 11.2 Å². The number of oxime groups is 1. The minimum atomic E-state index is 0.415. The van der Waals surface area contributed by atoms with Gasteiger partial charge in [-0.2, -0.15) is 0 Å². The van der Waals surface area contributed by atoms with Gasteiger partial charge in [0.05, 0.1) is 10.2 Å². The van der Waals surface area contributed by atoms with Gasteiger partial charge in [-0.1, -0.05) is 41.0 Å². The van der Waals surface area contributed by atoms with E-state index in [0.29, 0.717) is 11.6 Å². The molecule has 0 aliphatic rings. The molecule has 3 nitrogen and oxygen atoms in total. The van der Waals surface area contributed by atoms with Gasteiger partial charge in [0.15, 0.2) is 0 Å². The number of nitrogens with zero attached hydrogens (tertiary/aromatic N) is 2. The van der Waals surface area contributed by atoms with Gasteiger partial charge >= 0.3 is 0 Å². The maximum absolute atomic E-state index is 5.81. The fourth-order valence-electron chi connectivity index (χ4n) is 1.72. The Balaban J connectivity index is 1.61. The molecule has 0 saturated carbocycles. The molecule has 20 heavy (non-hydrogen) atoms. The number of fused-ring (bicyclic) bond motifs is 1. The Hall–Kier alpha value is -1.91. The third kappa shape index (κ3) is 3.15. The van der Waals surface area contributed by atoms with Crippen molar-refractivity contribution in [2.24, 2.45) is 5.16 Å². The number of rotatable bonds is 4. The van der Waals surface area contributed by atoms with Crippen molar-refractivity contribution in [2.45, 2.75) is 6.61 Å². The highest BCUT2D eigenvalue weighted by molar-refractivity contribution is 7.20. The Morgan fingerprint density at radius 1 is 1.15 bits per heavy atom. The van der Waals surface area contributed by atoms with Crippen LogP contribution >= 0.6 is 22.9 Å². The van der Waals surface area contributed by atoms with Gasteiger partial charge in [-0.05, 0) is 29.8 Å². The molecular weight excluding hydrogens is 292 g/mol. The van der Waals surface area contributed by atoms with Crippen LogP contribution in [-0.2, 0) is 11.4 Å². The summed E-state index contributed by atoms with van der Waals surface area (Å²) in [4.78, 5) is 9.69. The SMILES string of the molecule is Clc1ccc(CO/N=C/c2nc3ccccc3s2)cc1. The van der Waals surface area contributed by atoms with Gasteiger partial charge in [-0.15, -0.1) is 11.3 Å². The lowest BCUT2D eigenvalue weighted by molar-refractivity contribution is 0.132. The van der Waals surface area contributed by atoms with E-state index in [-0.39, 0.29) is 0 Å². The number of benzene rings is 2. The van der Waals surface area contributed by atoms with Gasteiger partial charge in [-0.3, -0.25) is 0 Å². The van der Waals surface area contributed by atoms with Crippen LogP contribution in [0.1, 0.15) is 10.6 Å². The van der Waals surface area contributed by atoms with E-state index >= 15 is 0 Å². The van der Waals surface area contributed by atoms with Gasteiger partial charge in [0.2, 0.25) is 0 Å². The number of para-hydroxylation sites is 1. The molecule has 5 heteroatoms. The van der Waals surface area contributed by atoms with Crippen LogP contribution in [0.2, 0.25) is 5.02 Å². The first-order valence-corrected chi connectivity index (χ1v) is 7.26. The molecule has 3 aromatic rings. The maximum Gasteiger partial charge on any atom is 0.142 e.